The summed E-state index contributed by atoms with van der Waals surface area (Å²) in [6.07, 6.45) is 8.87. The molecule has 0 saturated heterocycles. The minimum absolute atomic E-state index is 0.0835. The summed E-state index contributed by atoms with van der Waals surface area (Å²) in [5.74, 6) is 1.01. The molecular weight excluding hydrogens is 436 g/mol. The lowest BCUT2D eigenvalue weighted by molar-refractivity contribution is -0.705. The maximum absolute atomic E-state index is 6.30. The third-order valence-electron chi connectivity index (χ3n) is 5.13. The van der Waals surface area contributed by atoms with Crippen LogP contribution in [-0.2, 0) is 24.2 Å². The number of nitrogens with zero attached hydrogens (tertiary/aromatic N) is 2. The largest absolute Gasteiger partial charge is 0.486 e. The lowest BCUT2D eigenvalue weighted by atomic mass is 10.1. The van der Waals surface area contributed by atoms with Gasteiger partial charge in [-0.15, -0.1) is 11.3 Å². The first-order valence-electron chi connectivity index (χ1n) is 9.79. The summed E-state index contributed by atoms with van der Waals surface area (Å²) >= 11 is 5.30. The van der Waals surface area contributed by atoms with Crippen molar-refractivity contribution in [2.24, 2.45) is 0 Å². The fraction of sp³-hybridized carbons (Fsp3) is 0.409. The van der Waals surface area contributed by atoms with Crippen LogP contribution in [0.2, 0.25) is 0 Å². The number of hydrogen-bond acceptors (Lipinski definition) is 3. The Bertz CT molecular complexity index is 909. The summed E-state index contributed by atoms with van der Waals surface area (Å²) in [4.78, 5) is 1.28. The second-order valence-electron chi connectivity index (χ2n) is 7.36. The van der Waals surface area contributed by atoms with Crippen molar-refractivity contribution in [1.29, 1.82) is 0 Å². The maximum Gasteiger partial charge on any atom is 0.243 e. The van der Waals surface area contributed by atoms with Crippen molar-refractivity contribution in [2.75, 3.05) is 0 Å². The Morgan fingerprint density at radius 2 is 2.29 bits per heavy atom. The van der Waals surface area contributed by atoms with Gasteiger partial charge in [-0.1, -0.05) is 28.9 Å². The standard InChI is InChI=1S/C22H26BrN2O2S/c1-3-16(2)26-21(22-5-4-10-28-22)14-25-9-8-24(15-25)13-19-12-17-11-18(23)6-7-20(17)27-19/h4-11,15-16,19,21H,3,12-14H2,1-2H3/q+1. The second kappa shape index (κ2) is 8.80. The average molecular weight is 462 g/mol. The number of imidazole rings is 1. The van der Waals surface area contributed by atoms with E-state index in [1.54, 1.807) is 11.3 Å². The van der Waals surface area contributed by atoms with Crippen LogP contribution in [0.15, 0.2) is 58.9 Å². The number of hydrogen-bond donors (Lipinski definition) is 0. The van der Waals surface area contributed by atoms with Gasteiger partial charge in [0.2, 0.25) is 6.33 Å². The molecule has 0 aliphatic carbocycles. The van der Waals surface area contributed by atoms with E-state index in [-0.39, 0.29) is 18.3 Å². The first kappa shape index (κ1) is 19.7. The van der Waals surface area contributed by atoms with Gasteiger partial charge in [0.25, 0.3) is 0 Å². The molecule has 28 heavy (non-hydrogen) atoms. The van der Waals surface area contributed by atoms with E-state index >= 15 is 0 Å². The Kier molecular flexibility index (Phi) is 6.19. The van der Waals surface area contributed by atoms with Crippen LogP contribution in [0.4, 0.5) is 0 Å². The van der Waals surface area contributed by atoms with E-state index in [4.69, 9.17) is 9.47 Å². The number of halogens is 1. The lowest BCUT2D eigenvalue weighted by Gasteiger charge is -2.19. The zero-order chi connectivity index (χ0) is 19.5. The van der Waals surface area contributed by atoms with Crippen LogP contribution in [-0.4, -0.2) is 16.8 Å². The molecule has 6 heteroatoms. The van der Waals surface area contributed by atoms with E-state index in [1.165, 1.54) is 10.4 Å². The highest BCUT2D eigenvalue weighted by Gasteiger charge is 2.26. The summed E-state index contributed by atoms with van der Waals surface area (Å²) in [5.41, 5.74) is 1.28. The van der Waals surface area contributed by atoms with Crippen molar-refractivity contribution in [3.05, 3.63) is 69.3 Å². The SMILES string of the molecule is CCC(C)OC(C[n+]1ccn(CC2Cc3cc(Br)ccc3O2)c1)c1cccs1. The maximum atomic E-state index is 6.30. The van der Waals surface area contributed by atoms with Gasteiger partial charge in [-0.05, 0) is 48.6 Å². The van der Waals surface area contributed by atoms with Crippen molar-refractivity contribution in [2.45, 2.75) is 58.1 Å². The van der Waals surface area contributed by atoms with Crippen molar-refractivity contribution in [1.82, 2.24) is 4.57 Å². The molecule has 148 valence electrons. The molecule has 4 nitrogen and oxygen atoms in total. The summed E-state index contributed by atoms with van der Waals surface area (Å²) in [7, 11) is 0. The van der Waals surface area contributed by atoms with E-state index in [2.05, 4.69) is 81.2 Å². The molecule has 0 spiro atoms. The van der Waals surface area contributed by atoms with Gasteiger partial charge >= 0.3 is 0 Å². The van der Waals surface area contributed by atoms with Crippen LogP contribution in [0.5, 0.6) is 5.75 Å². The van der Waals surface area contributed by atoms with Crippen LogP contribution in [0, 0.1) is 0 Å². The van der Waals surface area contributed by atoms with Gasteiger partial charge in [-0.2, -0.15) is 0 Å². The van der Waals surface area contributed by atoms with Crippen molar-refractivity contribution >= 4 is 27.3 Å². The molecule has 0 saturated carbocycles. The Balaban J connectivity index is 1.40. The minimum Gasteiger partial charge on any atom is -0.486 e. The van der Waals surface area contributed by atoms with Gasteiger partial charge in [0.1, 0.15) is 43.4 Å². The Hall–Kier alpha value is -1.63. The topological polar surface area (TPSA) is 27.3 Å². The second-order valence-corrected chi connectivity index (χ2v) is 9.26. The molecule has 1 aliphatic rings. The summed E-state index contributed by atoms with van der Waals surface area (Å²) in [6, 6.07) is 10.5. The predicted molar refractivity (Wildman–Crippen MR) is 115 cm³/mol. The first-order chi connectivity index (χ1) is 13.6. The summed E-state index contributed by atoms with van der Waals surface area (Å²) < 4.78 is 17.9. The van der Waals surface area contributed by atoms with E-state index in [0.29, 0.717) is 0 Å². The zero-order valence-corrected chi connectivity index (χ0v) is 18.7. The molecule has 3 atom stereocenters. The summed E-state index contributed by atoms with van der Waals surface area (Å²) in [6.45, 7) is 5.97. The van der Waals surface area contributed by atoms with Gasteiger partial charge in [0.15, 0.2) is 0 Å². The van der Waals surface area contributed by atoms with Crippen LogP contribution >= 0.6 is 27.3 Å². The number of thiophene rings is 1. The highest BCUT2D eigenvalue weighted by Crippen LogP contribution is 2.31. The molecule has 0 fully saturated rings. The molecule has 3 unspecified atom stereocenters. The molecule has 1 aromatic carbocycles. The monoisotopic (exact) mass is 461 g/mol. The van der Waals surface area contributed by atoms with Gasteiger partial charge in [-0.25, -0.2) is 9.13 Å². The highest BCUT2D eigenvalue weighted by molar-refractivity contribution is 9.10. The van der Waals surface area contributed by atoms with Gasteiger partial charge in [0, 0.05) is 15.8 Å². The fourth-order valence-electron chi connectivity index (χ4n) is 3.52. The molecule has 3 heterocycles. The van der Waals surface area contributed by atoms with Gasteiger partial charge in [0.05, 0.1) is 6.10 Å². The van der Waals surface area contributed by atoms with Crippen LogP contribution in [0.3, 0.4) is 0 Å². The Morgan fingerprint density at radius 3 is 3.07 bits per heavy atom. The summed E-state index contributed by atoms with van der Waals surface area (Å²) in [5, 5.41) is 2.12. The lowest BCUT2D eigenvalue weighted by Crippen LogP contribution is -2.36. The molecule has 0 amide bonds. The molecule has 0 radical (unpaired) electrons. The van der Waals surface area contributed by atoms with E-state index in [9.17, 15) is 0 Å². The van der Waals surface area contributed by atoms with Crippen molar-refractivity contribution in [3.8, 4) is 5.75 Å². The average Bonchev–Trinajstić information content (AvgIpc) is 3.41. The predicted octanol–water partition coefficient (Wildman–Crippen LogP) is 5.16. The number of ether oxygens (including phenoxy) is 2. The van der Waals surface area contributed by atoms with Crippen molar-refractivity contribution < 1.29 is 14.0 Å². The number of aromatic nitrogens is 2. The fourth-order valence-corrected chi connectivity index (χ4v) is 4.69. The van der Waals surface area contributed by atoms with Gasteiger partial charge in [-0.3, -0.25) is 0 Å². The van der Waals surface area contributed by atoms with Crippen molar-refractivity contribution in [3.63, 3.8) is 0 Å². The zero-order valence-electron chi connectivity index (χ0n) is 16.3. The molecule has 0 bridgehead atoms. The Labute approximate surface area is 178 Å². The molecular formula is C22H26BrN2O2S+. The van der Waals surface area contributed by atoms with E-state index < -0.39 is 0 Å². The molecule has 0 N–H and O–H groups in total. The number of fused-ring (bicyclic) bond motifs is 1. The molecule has 3 aromatic rings. The van der Waals surface area contributed by atoms with E-state index in [1.807, 2.05) is 12.1 Å². The highest BCUT2D eigenvalue weighted by atomic mass is 79.9. The van der Waals surface area contributed by atoms with Gasteiger partial charge < -0.3 is 9.47 Å². The normalized spacial score (nSPS) is 17.9. The number of rotatable bonds is 8. The third kappa shape index (κ3) is 4.67. The minimum atomic E-state index is 0.0835. The smallest absolute Gasteiger partial charge is 0.243 e. The number of benzene rings is 1. The van der Waals surface area contributed by atoms with Crippen LogP contribution in [0.25, 0.3) is 0 Å². The quantitative estimate of drug-likeness (QED) is 0.433. The van der Waals surface area contributed by atoms with E-state index in [0.717, 1.165) is 36.2 Å². The van der Waals surface area contributed by atoms with Crippen LogP contribution < -0.4 is 9.30 Å². The molecule has 4 rings (SSSR count). The van der Waals surface area contributed by atoms with Crippen LogP contribution in [0.1, 0.15) is 36.8 Å². The molecule has 1 aliphatic heterocycles. The molecule has 2 aromatic heterocycles. The Morgan fingerprint density at radius 1 is 1.39 bits per heavy atom. The first-order valence-corrected chi connectivity index (χ1v) is 11.5. The third-order valence-corrected chi connectivity index (χ3v) is 6.59.